The summed E-state index contributed by atoms with van der Waals surface area (Å²) in [5, 5.41) is 8.89. The van der Waals surface area contributed by atoms with Crippen LogP contribution in [0.4, 0.5) is 0 Å². The second-order valence-corrected chi connectivity index (χ2v) is 7.20. The van der Waals surface area contributed by atoms with E-state index in [0.717, 1.165) is 0 Å². The van der Waals surface area contributed by atoms with E-state index >= 15 is 0 Å². The van der Waals surface area contributed by atoms with Crippen LogP contribution in [-0.4, -0.2) is 44.5 Å². The van der Waals surface area contributed by atoms with Crippen molar-refractivity contribution in [3.63, 3.8) is 0 Å². The first-order chi connectivity index (χ1) is 6.76. The maximum Gasteiger partial charge on any atom is 0.151 e. The fourth-order valence-electron chi connectivity index (χ4n) is 1.91. The molecule has 1 fully saturated rings. The average Bonchev–Trinajstić information content (AvgIpc) is 2.45. The SMILES string of the molecule is CN(CC(C)(C)C#N)C1CCS(=O)(=O)C1. The lowest BCUT2D eigenvalue weighted by Gasteiger charge is -2.28. The number of hydrogen-bond donors (Lipinski definition) is 0. The van der Waals surface area contributed by atoms with Crippen LogP contribution in [0.1, 0.15) is 20.3 Å². The van der Waals surface area contributed by atoms with Crippen LogP contribution < -0.4 is 0 Å². The molecule has 15 heavy (non-hydrogen) atoms. The number of hydrogen-bond acceptors (Lipinski definition) is 4. The van der Waals surface area contributed by atoms with Gasteiger partial charge in [-0.05, 0) is 27.3 Å². The van der Waals surface area contributed by atoms with E-state index in [1.54, 1.807) is 0 Å². The summed E-state index contributed by atoms with van der Waals surface area (Å²) in [4.78, 5) is 1.99. The Balaban J connectivity index is 2.57. The topological polar surface area (TPSA) is 61.2 Å². The first kappa shape index (κ1) is 12.5. The molecule has 1 aliphatic rings. The molecule has 0 aromatic rings. The van der Waals surface area contributed by atoms with E-state index in [0.29, 0.717) is 13.0 Å². The summed E-state index contributed by atoms with van der Waals surface area (Å²) >= 11 is 0. The van der Waals surface area contributed by atoms with Crippen LogP contribution in [-0.2, 0) is 9.84 Å². The highest BCUT2D eigenvalue weighted by Crippen LogP contribution is 2.21. The number of rotatable bonds is 3. The third kappa shape index (κ3) is 3.47. The Morgan fingerprint density at radius 3 is 2.53 bits per heavy atom. The highest BCUT2D eigenvalue weighted by molar-refractivity contribution is 7.91. The predicted octanol–water partition coefficient (Wildman–Crippen LogP) is 0.655. The van der Waals surface area contributed by atoms with E-state index in [1.165, 1.54) is 0 Å². The molecule has 4 nitrogen and oxygen atoms in total. The van der Waals surface area contributed by atoms with Gasteiger partial charge in [-0.15, -0.1) is 0 Å². The molecule has 0 spiro atoms. The zero-order chi connectivity index (χ0) is 11.7. The Morgan fingerprint density at radius 1 is 1.53 bits per heavy atom. The van der Waals surface area contributed by atoms with Crippen molar-refractivity contribution in [1.82, 2.24) is 4.90 Å². The number of nitrogens with zero attached hydrogens (tertiary/aromatic N) is 2. The standard InChI is InChI=1S/C10H18N2O2S/c1-10(2,7-11)8-12(3)9-4-5-15(13,14)6-9/h9H,4-6,8H2,1-3H3. The first-order valence-corrected chi connectivity index (χ1v) is 6.90. The Hall–Kier alpha value is -0.600. The Kier molecular flexibility index (Phi) is 3.41. The van der Waals surface area contributed by atoms with Crippen LogP contribution >= 0.6 is 0 Å². The van der Waals surface area contributed by atoms with Gasteiger partial charge in [0.1, 0.15) is 0 Å². The molecule has 0 N–H and O–H groups in total. The van der Waals surface area contributed by atoms with Gasteiger partial charge in [0, 0.05) is 12.6 Å². The summed E-state index contributed by atoms with van der Waals surface area (Å²) in [6.07, 6.45) is 0.695. The van der Waals surface area contributed by atoms with Gasteiger partial charge in [0.05, 0.1) is 23.0 Å². The van der Waals surface area contributed by atoms with Gasteiger partial charge in [-0.1, -0.05) is 0 Å². The van der Waals surface area contributed by atoms with Gasteiger partial charge >= 0.3 is 0 Å². The van der Waals surface area contributed by atoms with E-state index in [1.807, 2.05) is 25.8 Å². The molecule has 0 aromatic heterocycles. The van der Waals surface area contributed by atoms with Gasteiger partial charge in [0.15, 0.2) is 9.84 Å². The zero-order valence-corrected chi connectivity index (χ0v) is 10.3. The van der Waals surface area contributed by atoms with Crippen molar-refractivity contribution in [2.24, 2.45) is 5.41 Å². The molecule has 0 aliphatic carbocycles. The molecule has 0 amide bonds. The maximum absolute atomic E-state index is 11.3. The van der Waals surface area contributed by atoms with E-state index in [2.05, 4.69) is 6.07 Å². The van der Waals surface area contributed by atoms with Crippen LogP contribution in [0.15, 0.2) is 0 Å². The highest BCUT2D eigenvalue weighted by Gasteiger charge is 2.32. The molecule has 0 radical (unpaired) electrons. The van der Waals surface area contributed by atoms with Gasteiger partial charge in [0.25, 0.3) is 0 Å². The highest BCUT2D eigenvalue weighted by atomic mass is 32.2. The third-order valence-corrected chi connectivity index (χ3v) is 4.53. The fraction of sp³-hybridized carbons (Fsp3) is 0.900. The average molecular weight is 230 g/mol. The second-order valence-electron chi connectivity index (χ2n) is 4.97. The first-order valence-electron chi connectivity index (χ1n) is 5.08. The summed E-state index contributed by atoms with van der Waals surface area (Å²) in [5.41, 5.74) is -0.416. The molecular formula is C10H18N2O2S. The van der Waals surface area contributed by atoms with Gasteiger partial charge in [-0.25, -0.2) is 8.42 Å². The van der Waals surface area contributed by atoms with Crippen molar-refractivity contribution >= 4 is 9.84 Å². The largest absolute Gasteiger partial charge is 0.301 e. The van der Waals surface area contributed by atoms with E-state index < -0.39 is 15.3 Å². The predicted molar refractivity (Wildman–Crippen MR) is 59.1 cm³/mol. The molecule has 0 aromatic carbocycles. The summed E-state index contributed by atoms with van der Waals surface area (Å²) in [7, 11) is -0.934. The summed E-state index contributed by atoms with van der Waals surface area (Å²) < 4.78 is 22.6. The minimum Gasteiger partial charge on any atom is -0.301 e. The normalized spacial score (nSPS) is 25.4. The smallest absolute Gasteiger partial charge is 0.151 e. The quantitative estimate of drug-likeness (QED) is 0.714. The molecule has 1 saturated heterocycles. The Labute approximate surface area is 91.8 Å². The monoisotopic (exact) mass is 230 g/mol. The van der Waals surface area contributed by atoms with Crippen LogP contribution in [0.5, 0.6) is 0 Å². The van der Waals surface area contributed by atoms with Gasteiger partial charge in [-0.3, -0.25) is 0 Å². The van der Waals surface area contributed by atoms with Crippen molar-refractivity contribution in [1.29, 1.82) is 5.26 Å². The lowest BCUT2D eigenvalue weighted by atomic mass is 9.94. The molecular weight excluding hydrogens is 212 g/mol. The van der Waals surface area contributed by atoms with Crippen molar-refractivity contribution in [2.75, 3.05) is 25.1 Å². The van der Waals surface area contributed by atoms with Gasteiger partial charge in [-0.2, -0.15) is 5.26 Å². The van der Waals surface area contributed by atoms with Crippen LogP contribution in [0.2, 0.25) is 0 Å². The van der Waals surface area contributed by atoms with E-state index in [-0.39, 0.29) is 17.5 Å². The lowest BCUT2D eigenvalue weighted by molar-refractivity contribution is 0.205. The lowest BCUT2D eigenvalue weighted by Crippen LogP contribution is -2.39. The van der Waals surface area contributed by atoms with Crippen molar-refractivity contribution < 1.29 is 8.42 Å². The van der Waals surface area contributed by atoms with E-state index in [4.69, 9.17) is 5.26 Å². The molecule has 1 unspecified atom stereocenters. The molecule has 1 atom stereocenters. The molecule has 86 valence electrons. The Morgan fingerprint density at radius 2 is 2.13 bits per heavy atom. The zero-order valence-electron chi connectivity index (χ0n) is 9.52. The minimum atomic E-state index is -2.83. The van der Waals surface area contributed by atoms with Crippen LogP contribution in [0.25, 0.3) is 0 Å². The summed E-state index contributed by atoms with van der Waals surface area (Å²) in [6, 6.07) is 2.31. The Bertz CT molecular complexity index is 367. The summed E-state index contributed by atoms with van der Waals surface area (Å²) in [5.74, 6) is 0.528. The van der Waals surface area contributed by atoms with Gasteiger partial charge < -0.3 is 4.90 Å². The van der Waals surface area contributed by atoms with Crippen LogP contribution in [0, 0.1) is 16.7 Å². The molecule has 0 bridgehead atoms. The third-order valence-electron chi connectivity index (χ3n) is 2.78. The number of nitriles is 1. The molecule has 1 aliphatic heterocycles. The number of sulfone groups is 1. The van der Waals surface area contributed by atoms with Gasteiger partial charge in [0.2, 0.25) is 0 Å². The van der Waals surface area contributed by atoms with E-state index in [9.17, 15) is 8.42 Å². The second kappa shape index (κ2) is 4.11. The molecule has 1 rings (SSSR count). The van der Waals surface area contributed by atoms with Crippen molar-refractivity contribution in [2.45, 2.75) is 26.3 Å². The van der Waals surface area contributed by atoms with Crippen molar-refractivity contribution in [3.8, 4) is 6.07 Å². The summed E-state index contributed by atoms with van der Waals surface area (Å²) in [6.45, 7) is 4.35. The molecule has 0 saturated carbocycles. The minimum absolute atomic E-state index is 0.0858. The van der Waals surface area contributed by atoms with Crippen molar-refractivity contribution in [3.05, 3.63) is 0 Å². The maximum atomic E-state index is 11.3. The molecule has 5 heteroatoms. The van der Waals surface area contributed by atoms with Crippen LogP contribution in [0.3, 0.4) is 0 Å². The fourth-order valence-corrected chi connectivity index (χ4v) is 3.72. The molecule has 1 heterocycles.